The summed E-state index contributed by atoms with van der Waals surface area (Å²) in [4.78, 5) is 11.8. The highest BCUT2D eigenvalue weighted by Crippen LogP contribution is 2.35. The van der Waals surface area contributed by atoms with Gasteiger partial charge in [-0.3, -0.25) is 4.79 Å². The molecule has 0 radical (unpaired) electrons. The zero-order valence-corrected chi connectivity index (χ0v) is 10.9. The molecule has 1 aliphatic rings. The molecule has 1 unspecified atom stereocenters. The van der Waals surface area contributed by atoms with Crippen molar-refractivity contribution >= 4 is 5.91 Å². The van der Waals surface area contributed by atoms with Gasteiger partial charge in [0.15, 0.2) is 0 Å². The number of rotatable bonds is 6. The molecule has 1 aliphatic carbocycles. The molecule has 0 aromatic rings. The molecule has 0 spiro atoms. The average Bonchev–Trinajstić information content (AvgIpc) is 2.39. The Morgan fingerprint density at radius 1 is 1.41 bits per heavy atom. The molecule has 0 aliphatic heterocycles. The van der Waals surface area contributed by atoms with E-state index in [1.807, 2.05) is 6.92 Å². The van der Waals surface area contributed by atoms with Crippen molar-refractivity contribution in [2.45, 2.75) is 45.4 Å². The Labute approximate surface area is 104 Å². The maximum Gasteiger partial charge on any atom is 0.224 e. The lowest BCUT2D eigenvalue weighted by Gasteiger charge is -2.36. The van der Waals surface area contributed by atoms with E-state index in [0.717, 1.165) is 32.1 Å². The summed E-state index contributed by atoms with van der Waals surface area (Å²) in [5, 5.41) is 12.5. The summed E-state index contributed by atoms with van der Waals surface area (Å²) in [5.41, 5.74) is 5.47. The van der Waals surface area contributed by atoms with Crippen LogP contribution in [-0.4, -0.2) is 30.7 Å². The number of carbonyl (C=O) groups excluding carboxylic acids is 1. The van der Waals surface area contributed by atoms with Crippen LogP contribution in [0.25, 0.3) is 0 Å². The average molecular weight is 242 g/mol. The van der Waals surface area contributed by atoms with E-state index < -0.39 is 0 Å². The predicted octanol–water partition coefficient (Wildman–Crippen LogP) is 1.03. The minimum atomic E-state index is -0.0886. The van der Waals surface area contributed by atoms with Gasteiger partial charge in [0.05, 0.1) is 6.61 Å². The third kappa shape index (κ3) is 3.96. The van der Waals surface area contributed by atoms with Gasteiger partial charge in [0.1, 0.15) is 0 Å². The van der Waals surface area contributed by atoms with Crippen LogP contribution in [0.3, 0.4) is 0 Å². The van der Waals surface area contributed by atoms with Crippen molar-refractivity contribution in [2.24, 2.45) is 17.1 Å². The molecule has 17 heavy (non-hydrogen) atoms. The molecule has 0 aromatic heterocycles. The molecule has 0 saturated heterocycles. The molecule has 1 amide bonds. The SMILES string of the molecule is CCC(CN)C(=O)NCC1(CO)CCCCC1. The number of aliphatic hydroxyl groups is 1. The number of carbonyl (C=O) groups is 1. The smallest absolute Gasteiger partial charge is 0.224 e. The van der Waals surface area contributed by atoms with Crippen LogP contribution in [0.4, 0.5) is 0 Å². The molecule has 1 saturated carbocycles. The standard InChI is InChI=1S/C13H26N2O2/c1-2-11(8-14)12(17)15-9-13(10-16)6-4-3-5-7-13/h11,16H,2-10,14H2,1H3,(H,15,17). The topological polar surface area (TPSA) is 75.4 Å². The van der Waals surface area contributed by atoms with Gasteiger partial charge in [0.25, 0.3) is 0 Å². The van der Waals surface area contributed by atoms with Crippen LogP contribution >= 0.6 is 0 Å². The van der Waals surface area contributed by atoms with E-state index in [0.29, 0.717) is 13.1 Å². The van der Waals surface area contributed by atoms with Crippen molar-refractivity contribution in [2.75, 3.05) is 19.7 Å². The van der Waals surface area contributed by atoms with E-state index in [1.54, 1.807) is 0 Å². The van der Waals surface area contributed by atoms with E-state index in [-0.39, 0.29) is 23.8 Å². The fourth-order valence-electron chi connectivity index (χ4n) is 2.57. The lowest BCUT2D eigenvalue weighted by atomic mass is 9.74. The Hall–Kier alpha value is -0.610. The first-order valence-corrected chi connectivity index (χ1v) is 6.76. The second kappa shape index (κ2) is 6.97. The van der Waals surface area contributed by atoms with Crippen molar-refractivity contribution in [3.63, 3.8) is 0 Å². The van der Waals surface area contributed by atoms with Crippen molar-refractivity contribution in [1.82, 2.24) is 5.32 Å². The van der Waals surface area contributed by atoms with Gasteiger partial charge in [-0.1, -0.05) is 26.2 Å². The minimum absolute atomic E-state index is 0.0356. The zero-order valence-electron chi connectivity index (χ0n) is 10.9. The first-order valence-electron chi connectivity index (χ1n) is 6.76. The number of hydrogen-bond donors (Lipinski definition) is 3. The molecule has 1 fully saturated rings. The Morgan fingerprint density at radius 3 is 2.53 bits per heavy atom. The fourth-order valence-corrected chi connectivity index (χ4v) is 2.57. The lowest BCUT2D eigenvalue weighted by Crippen LogP contribution is -2.44. The summed E-state index contributed by atoms with van der Waals surface area (Å²) in [6.07, 6.45) is 6.37. The van der Waals surface area contributed by atoms with E-state index in [4.69, 9.17) is 5.73 Å². The van der Waals surface area contributed by atoms with Gasteiger partial charge in [-0.25, -0.2) is 0 Å². The van der Waals surface area contributed by atoms with E-state index in [9.17, 15) is 9.90 Å². The third-order valence-corrected chi connectivity index (χ3v) is 4.04. The summed E-state index contributed by atoms with van der Waals surface area (Å²) < 4.78 is 0. The monoisotopic (exact) mass is 242 g/mol. The highest BCUT2D eigenvalue weighted by atomic mass is 16.3. The molecule has 1 rings (SSSR count). The first kappa shape index (κ1) is 14.5. The molecule has 100 valence electrons. The second-order valence-corrected chi connectivity index (χ2v) is 5.28. The summed E-state index contributed by atoms with van der Waals surface area (Å²) in [6.45, 7) is 3.14. The largest absolute Gasteiger partial charge is 0.396 e. The maximum atomic E-state index is 11.8. The van der Waals surface area contributed by atoms with Gasteiger partial charge in [0, 0.05) is 24.4 Å². The molecule has 0 heterocycles. The predicted molar refractivity (Wildman–Crippen MR) is 68.4 cm³/mol. The molecular formula is C13H26N2O2. The molecule has 0 bridgehead atoms. The second-order valence-electron chi connectivity index (χ2n) is 5.28. The Morgan fingerprint density at radius 2 is 2.06 bits per heavy atom. The molecule has 4 nitrogen and oxygen atoms in total. The third-order valence-electron chi connectivity index (χ3n) is 4.04. The van der Waals surface area contributed by atoms with Gasteiger partial charge in [-0.15, -0.1) is 0 Å². The van der Waals surface area contributed by atoms with Crippen molar-refractivity contribution in [1.29, 1.82) is 0 Å². The normalized spacial score (nSPS) is 20.9. The minimum Gasteiger partial charge on any atom is -0.396 e. The molecule has 4 N–H and O–H groups in total. The molecule has 1 atom stereocenters. The summed E-state index contributed by atoms with van der Waals surface area (Å²) >= 11 is 0. The van der Waals surface area contributed by atoms with Gasteiger partial charge in [-0.05, 0) is 19.3 Å². The van der Waals surface area contributed by atoms with Crippen LogP contribution in [0.15, 0.2) is 0 Å². The van der Waals surface area contributed by atoms with E-state index in [1.165, 1.54) is 6.42 Å². The quantitative estimate of drug-likeness (QED) is 0.651. The number of nitrogens with two attached hydrogens (primary N) is 1. The molecule has 0 aromatic carbocycles. The van der Waals surface area contributed by atoms with Crippen molar-refractivity contribution in [3.8, 4) is 0 Å². The number of hydrogen-bond acceptors (Lipinski definition) is 3. The Balaban J connectivity index is 2.44. The van der Waals surface area contributed by atoms with Crippen LogP contribution in [0.1, 0.15) is 45.4 Å². The van der Waals surface area contributed by atoms with Gasteiger partial charge >= 0.3 is 0 Å². The maximum absolute atomic E-state index is 11.8. The number of amides is 1. The number of nitrogens with one attached hydrogen (secondary N) is 1. The Kier molecular flexibility index (Phi) is 5.92. The summed E-state index contributed by atoms with van der Waals surface area (Å²) in [6, 6.07) is 0. The van der Waals surface area contributed by atoms with Gasteiger partial charge in [-0.2, -0.15) is 0 Å². The van der Waals surface area contributed by atoms with E-state index >= 15 is 0 Å². The van der Waals surface area contributed by atoms with Crippen LogP contribution < -0.4 is 11.1 Å². The van der Waals surface area contributed by atoms with Crippen molar-refractivity contribution in [3.05, 3.63) is 0 Å². The van der Waals surface area contributed by atoms with Gasteiger partial charge < -0.3 is 16.2 Å². The van der Waals surface area contributed by atoms with Crippen molar-refractivity contribution < 1.29 is 9.90 Å². The highest BCUT2D eigenvalue weighted by molar-refractivity contribution is 5.78. The summed E-state index contributed by atoms with van der Waals surface area (Å²) in [7, 11) is 0. The highest BCUT2D eigenvalue weighted by Gasteiger charge is 2.32. The zero-order chi connectivity index (χ0) is 12.7. The van der Waals surface area contributed by atoms with Crippen LogP contribution in [0.2, 0.25) is 0 Å². The lowest BCUT2D eigenvalue weighted by molar-refractivity contribution is -0.125. The van der Waals surface area contributed by atoms with Crippen LogP contribution in [-0.2, 0) is 4.79 Å². The summed E-state index contributed by atoms with van der Waals surface area (Å²) in [5.74, 6) is -0.0530. The fraction of sp³-hybridized carbons (Fsp3) is 0.923. The van der Waals surface area contributed by atoms with E-state index in [2.05, 4.69) is 5.32 Å². The first-order chi connectivity index (χ1) is 8.17. The molecule has 4 heteroatoms. The number of aliphatic hydroxyl groups excluding tert-OH is 1. The van der Waals surface area contributed by atoms with Gasteiger partial charge in [0.2, 0.25) is 5.91 Å². The van der Waals surface area contributed by atoms with Crippen LogP contribution in [0.5, 0.6) is 0 Å². The van der Waals surface area contributed by atoms with Crippen LogP contribution in [0, 0.1) is 11.3 Å². The Bertz CT molecular complexity index is 234. The molecular weight excluding hydrogens is 216 g/mol.